The number of carbonyl (C=O) groups is 1. The monoisotopic (exact) mass is 257 g/mol. The molecule has 0 fully saturated rings. The van der Waals surface area contributed by atoms with Gasteiger partial charge in [-0.25, -0.2) is 5.48 Å². The van der Waals surface area contributed by atoms with Crippen LogP contribution < -0.4 is 5.48 Å². The number of thiol groups is 1. The Balaban J connectivity index is 0. The number of hydrogen-bond acceptors (Lipinski definition) is 6. The zero-order valence-corrected chi connectivity index (χ0v) is 6.32. The Labute approximate surface area is 163 Å². The molecule has 0 bridgehead atoms. The Hall–Kier alpha value is 2.61. The van der Waals surface area contributed by atoms with Crippen molar-refractivity contribution in [1.29, 1.82) is 0 Å². The van der Waals surface area contributed by atoms with E-state index in [-0.39, 0.29) is 108 Å². The second-order valence-corrected chi connectivity index (χ2v) is 3.03. The number of aromatic nitrogens is 2. The first-order valence-corrected chi connectivity index (χ1v) is 3.47. The van der Waals surface area contributed by atoms with Crippen LogP contribution in [-0.4, -0.2) is 124 Å². The van der Waals surface area contributed by atoms with Gasteiger partial charge in [0.2, 0.25) is 5.01 Å². The molecule has 0 aliphatic heterocycles. The fraction of sp³-hybridized carbons (Fsp3) is 0. The number of nitrogens with zero attached hydrogens (tertiary/aromatic N) is 2. The van der Waals surface area contributed by atoms with E-state index in [4.69, 9.17) is 5.21 Å². The second kappa shape index (κ2) is 8.88. The molecule has 2 N–H and O–H groups in total. The zero-order chi connectivity index (χ0) is 7.56. The predicted octanol–water partition coefficient (Wildman–Crippen LogP) is -1.35. The van der Waals surface area contributed by atoms with Crippen LogP contribution in [0.1, 0.15) is 9.80 Å². The molecule has 5 nitrogen and oxygen atoms in total. The molecule has 12 heavy (non-hydrogen) atoms. The molecule has 0 radical (unpaired) electrons. The molecule has 0 aliphatic carbocycles. The van der Waals surface area contributed by atoms with Crippen molar-refractivity contribution >= 4 is 133 Å². The minimum atomic E-state index is -0.669. The second-order valence-electron chi connectivity index (χ2n) is 1.33. The predicted molar refractivity (Wildman–Crippen MR) is 50.7 cm³/mol. The van der Waals surface area contributed by atoms with Crippen LogP contribution in [-0.2, 0) is 0 Å². The van der Waals surface area contributed by atoms with Crippen molar-refractivity contribution in [2.75, 3.05) is 0 Å². The van der Waals surface area contributed by atoms with Crippen molar-refractivity contribution in [3.05, 3.63) is 5.01 Å². The fourth-order valence-corrected chi connectivity index (χ4v) is 1.13. The third kappa shape index (κ3) is 5.48. The summed E-state index contributed by atoms with van der Waals surface area (Å²) in [5.41, 5.74) is 1.43. The quantitative estimate of drug-likeness (QED) is 0.252. The molecule has 0 unspecified atom stereocenters. The number of nitrogens with one attached hydrogen (secondary N) is 1. The van der Waals surface area contributed by atoms with E-state index < -0.39 is 5.91 Å². The van der Waals surface area contributed by atoms with E-state index in [1.807, 2.05) is 0 Å². The number of rotatable bonds is 1. The summed E-state index contributed by atoms with van der Waals surface area (Å²) in [6.07, 6.45) is 0. The molecule has 0 aromatic carbocycles. The van der Waals surface area contributed by atoms with Crippen LogP contribution in [0, 0.1) is 0 Å². The molecule has 1 heterocycles. The average molecular weight is 257 g/mol. The van der Waals surface area contributed by atoms with Crippen molar-refractivity contribution in [2.24, 2.45) is 0 Å². The molecule has 0 aliphatic rings. The molecular weight excluding hydrogens is 252 g/mol. The third-order valence-corrected chi connectivity index (χ3v) is 1.80. The van der Waals surface area contributed by atoms with E-state index in [9.17, 15) is 4.79 Å². The molecule has 1 aromatic heterocycles. The normalized spacial score (nSPS) is 7.83. The van der Waals surface area contributed by atoms with E-state index in [0.29, 0.717) is 4.34 Å². The first kappa shape index (κ1) is 17.0. The molecule has 0 atom stereocenters. The van der Waals surface area contributed by atoms with Gasteiger partial charge in [0, 0.05) is 0 Å². The molecule has 0 saturated carbocycles. The Morgan fingerprint density at radius 2 is 2.08 bits per heavy atom. The maximum atomic E-state index is 10.5. The number of hydroxylamine groups is 1. The average Bonchev–Trinajstić information content (AvgIpc) is 2.34. The van der Waals surface area contributed by atoms with Crippen LogP contribution in [0.3, 0.4) is 0 Å². The van der Waals surface area contributed by atoms with E-state index >= 15 is 0 Å². The Bertz CT molecular complexity index is 255. The van der Waals surface area contributed by atoms with Crippen molar-refractivity contribution in [3.63, 3.8) is 0 Å². The molecule has 1 rings (SSSR count). The van der Waals surface area contributed by atoms with Crippen LogP contribution in [0.2, 0.25) is 0 Å². The summed E-state index contributed by atoms with van der Waals surface area (Å²) < 4.78 is 0.388. The van der Waals surface area contributed by atoms with Crippen LogP contribution in [0.25, 0.3) is 0 Å². The third-order valence-electron chi connectivity index (χ3n) is 0.710. The Kier molecular flexibility index (Phi) is 12.6. The van der Waals surface area contributed by atoms with Gasteiger partial charge in [-0.1, -0.05) is 11.3 Å². The molecule has 0 spiro atoms. The summed E-state index contributed by atoms with van der Waals surface area (Å²) in [7, 11) is 0. The summed E-state index contributed by atoms with van der Waals surface area (Å²) in [6, 6.07) is 0. The van der Waals surface area contributed by atoms with Gasteiger partial charge in [0.05, 0.1) is 0 Å². The molecule has 1 amide bonds. The summed E-state index contributed by atoms with van der Waals surface area (Å²) in [5, 5.41) is 15.1. The Morgan fingerprint density at radius 1 is 1.50 bits per heavy atom. The Morgan fingerprint density at radius 3 is 2.42 bits per heavy atom. The molecule has 0 saturated heterocycles. The minimum absolute atomic E-state index is 0. The SMILES string of the molecule is O=C(NO)c1nnc(S)s1.[KH].[KH]. The van der Waals surface area contributed by atoms with E-state index in [0.717, 1.165) is 11.3 Å². The summed E-state index contributed by atoms with van der Waals surface area (Å²) >= 11 is 4.81. The van der Waals surface area contributed by atoms with Crippen molar-refractivity contribution < 1.29 is 10.0 Å². The van der Waals surface area contributed by atoms with Gasteiger partial charge in [0.25, 0.3) is 0 Å². The van der Waals surface area contributed by atoms with E-state index in [1.54, 1.807) is 0 Å². The van der Waals surface area contributed by atoms with Crippen LogP contribution in [0.4, 0.5) is 0 Å². The first-order valence-electron chi connectivity index (χ1n) is 2.21. The molecule has 58 valence electrons. The number of carbonyl (C=O) groups excluding carboxylic acids is 1. The maximum absolute atomic E-state index is 10.5. The van der Waals surface area contributed by atoms with Gasteiger partial charge in [0.1, 0.15) is 0 Å². The van der Waals surface area contributed by atoms with E-state index in [1.165, 1.54) is 5.48 Å². The number of hydrogen-bond donors (Lipinski definition) is 3. The number of amides is 1. The van der Waals surface area contributed by atoms with Gasteiger partial charge in [-0.15, -0.1) is 22.8 Å². The molecule has 1 aromatic rings. The van der Waals surface area contributed by atoms with Crippen molar-refractivity contribution in [1.82, 2.24) is 15.7 Å². The topological polar surface area (TPSA) is 75.1 Å². The van der Waals surface area contributed by atoms with Gasteiger partial charge >= 0.3 is 109 Å². The summed E-state index contributed by atoms with van der Waals surface area (Å²) in [5.74, 6) is -0.669. The van der Waals surface area contributed by atoms with Gasteiger partial charge < -0.3 is 0 Å². The van der Waals surface area contributed by atoms with Crippen LogP contribution in [0.5, 0.6) is 0 Å². The zero-order valence-electron chi connectivity index (χ0n) is 4.61. The molecular formula is C3H5K2N3O2S2. The van der Waals surface area contributed by atoms with Crippen LogP contribution in [0.15, 0.2) is 4.34 Å². The van der Waals surface area contributed by atoms with Crippen molar-refractivity contribution in [3.8, 4) is 0 Å². The van der Waals surface area contributed by atoms with Gasteiger partial charge in [0.15, 0.2) is 4.34 Å². The fourth-order valence-electron chi connectivity index (χ4n) is 0.355. The summed E-state index contributed by atoms with van der Waals surface area (Å²) in [6.45, 7) is 0. The first-order chi connectivity index (χ1) is 4.74. The standard InChI is InChI=1S/C3H3N3O2S2.2K.2H/c7-1(6-8)2-4-5-3(9)10-2;;;;/h8H,(H,5,9)(H,6,7);;;;. The van der Waals surface area contributed by atoms with Gasteiger partial charge in [-0.05, 0) is 0 Å². The molecule has 9 heteroatoms. The van der Waals surface area contributed by atoms with E-state index in [2.05, 4.69) is 22.8 Å². The van der Waals surface area contributed by atoms with Crippen molar-refractivity contribution in [2.45, 2.75) is 4.34 Å². The van der Waals surface area contributed by atoms with Crippen LogP contribution >= 0.6 is 24.0 Å². The summed E-state index contributed by atoms with van der Waals surface area (Å²) in [4.78, 5) is 10.5. The van der Waals surface area contributed by atoms with Gasteiger partial charge in [-0.3, -0.25) is 10.0 Å². The van der Waals surface area contributed by atoms with Gasteiger partial charge in [-0.2, -0.15) is 0 Å².